The molecule has 105 valence electrons. The lowest BCUT2D eigenvalue weighted by Crippen LogP contribution is -2.22. The Kier molecular flexibility index (Phi) is 2.92. The van der Waals surface area contributed by atoms with Gasteiger partial charge in [-0.15, -0.1) is 0 Å². The van der Waals surface area contributed by atoms with Gasteiger partial charge in [0.2, 0.25) is 0 Å². The molecule has 3 nitrogen and oxygen atoms in total. The summed E-state index contributed by atoms with van der Waals surface area (Å²) in [6.45, 7) is 0.484. The molecule has 1 atom stereocenters. The molecule has 0 spiro atoms. The highest BCUT2D eigenvalue weighted by atomic mass is 16.6. The quantitative estimate of drug-likeness (QED) is 0.801. The molecular weight excluding hydrogens is 264 g/mol. The van der Waals surface area contributed by atoms with Crippen LogP contribution >= 0.6 is 0 Å². The first-order valence-corrected chi connectivity index (χ1v) is 7.27. The van der Waals surface area contributed by atoms with E-state index in [1.54, 1.807) is 6.07 Å². The average Bonchev–Trinajstić information content (AvgIpc) is 2.54. The molecule has 0 bridgehead atoms. The zero-order valence-corrected chi connectivity index (χ0v) is 11.6. The number of fused-ring (bicyclic) bond motifs is 2. The van der Waals surface area contributed by atoms with Crippen molar-refractivity contribution in [2.75, 3.05) is 6.61 Å². The smallest absolute Gasteiger partial charge is 0.163 e. The molecule has 1 radical (unpaired) electrons. The molecule has 0 fully saturated rings. The lowest BCUT2D eigenvalue weighted by atomic mass is 9.88. The highest BCUT2D eigenvalue weighted by Crippen LogP contribution is 2.36. The van der Waals surface area contributed by atoms with Crippen LogP contribution in [-0.2, 0) is 6.42 Å². The Balaban J connectivity index is 1.65. The third-order valence-electron chi connectivity index (χ3n) is 4.10. The summed E-state index contributed by atoms with van der Waals surface area (Å²) in [5.74, 6) is 1.74. The van der Waals surface area contributed by atoms with Gasteiger partial charge in [0.1, 0.15) is 6.61 Å². The van der Waals surface area contributed by atoms with E-state index in [9.17, 15) is 4.79 Å². The molecule has 1 heterocycles. The summed E-state index contributed by atoms with van der Waals surface area (Å²) in [5.41, 5.74) is 3.08. The number of aryl methyl sites for hydroxylation is 1. The van der Waals surface area contributed by atoms with E-state index in [0.717, 1.165) is 41.0 Å². The van der Waals surface area contributed by atoms with E-state index in [2.05, 4.69) is 12.1 Å². The van der Waals surface area contributed by atoms with Gasteiger partial charge in [0.25, 0.3) is 0 Å². The normalized spacial score (nSPS) is 20.0. The van der Waals surface area contributed by atoms with Crippen molar-refractivity contribution in [1.29, 1.82) is 0 Å². The Morgan fingerprint density at radius 3 is 3.05 bits per heavy atom. The first-order valence-electron chi connectivity index (χ1n) is 7.27. The van der Waals surface area contributed by atoms with Crippen molar-refractivity contribution in [2.45, 2.75) is 25.4 Å². The van der Waals surface area contributed by atoms with Crippen LogP contribution in [0.2, 0.25) is 0 Å². The number of carbonyl (C=O) groups excluding carboxylic acids is 1. The number of hydrogen-bond acceptors (Lipinski definition) is 3. The van der Waals surface area contributed by atoms with Gasteiger partial charge >= 0.3 is 0 Å². The molecule has 0 N–H and O–H groups in total. The first-order chi connectivity index (χ1) is 10.3. The fraction of sp³-hybridized carbons (Fsp3) is 0.278. The predicted molar refractivity (Wildman–Crippen MR) is 77.9 cm³/mol. The van der Waals surface area contributed by atoms with Gasteiger partial charge in [-0.25, -0.2) is 0 Å². The summed E-state index contributed by atoms with van der Waals surface area (Å²) in [6, 6.07) is 14.5. The van der Waals surface area contributed by atoms with E-state index >= 15 is 0 Å². The topological polar surface area (TPSA) is 35.5 Å². The molecule has 21 heavy (non-hydrogen) atoms. The number of hydrogen-bond donors (Lipinski definition) is 0. The van der Waals surface area contributed by atoms with Gasteiger partial charge in [-0.2, -0.15) is 0 Å². The van der Waals surface area contributed by atoms with Crippen molar-refractivity contribution in [3.63, 3.8) is 0 Å². The van der Waals surface area contributed by atoms with Crippen molar-refractivity contribution in [3.05, 3.63) is 59.2 Å². The van der Waals surface area contributed by atoms with Gasteiger partial charge in [0, 0.05) is 12.0 Å². The van der Waals surface area contributed by atoms with Crippen molar-refractivity contribution in [2.24, 2.45) is 0 Å². The zero-order valence-electron chi connectivity index (χ0n) is 11.6. The molecule has 1 aliphatic carbocycles. The summed E-state index contributed by atoms with van der Waals surface area (Å²) < 4.78 is 11.7. The molecule has 0 saturated carbocycles. The molecule has 2 aromatic carbocycles. The van der Waals surface area contributed by atoms with Crippen LogP contribution in [0.15, 0.2) is 36.4 Å². The summed E-state index contributed by atoms with van der Waals surface area (Å²) in [4.78, 5) is 11.9. The summed E-state index contributed by atoms with van der Waals surface area (Å²) in [5, 5.41) is 0. The molecule has 0 aromatic heterocycles. The van der Waals surface area contributed by atoms with E-state index in [4.69, 9.17) is 9.47 Å². The van der Waals surface area contributed by atoms with Crippen LogP contribution in [0.3, 0.4) is 0 Å². The minimum absolute atomic E-state index is 0.123. The maximum absolute atomic E-state index is 11.9. The van der Waals surface area contributed by atoms with E-state index in [1.165, 1.54) is 0 Å². The second kappa shape index (κ2) is 4.92. The largest absolute Gasteiger partial charge is 0.485 e. The number of Topliss-reactive ketones (excluding diaryl/α,β-unsaturated/α-hetero) is 1. The van der Waals surface area contributed by atoms with Crippen molar-refractivity contribution in [3.8, 4) is 11.5 Å². The first kappa shape index (κ1) is 12.5. The second-order valence-corrected chi connectivity index (χ2v) is 5.48. The third-order valence-corrected chi connectivity index (χ3v) is 4.10. The zero-order chi connectivity index (χ0) is 14.2. The van der Waals surface area contributed by atoms with Crippen molar-refractivity contribution < 1.29 is 14.3 Å². The minimum Gasteiger partial charge on any atom is -0.485 e. The van der Waals surface area contributed by atoms with Gasteiger partial charge in [-0.05, 0) is 42.2 Å². The van der Waals surface area contributed by atoms with Gasteiger partial charge in [0.05, 0.1) is 0 Å². The second-order valence-electron chi connectivity index (χ2n) is 5.48. The van der Waals surface area contributed by atoms with Crippen LogP contribution in [0.25, 0.3) is 0 Å². The highest BCUT2D eigenvalue weighted by Gasteiger charge is 2.24. The van der Waals surface area contributed by atoms with Gasteiger partial charge in [0.15, 0.2) is 23.4 Å². The Morgan fingerprint density at radius 2 is 2.10 bits per heavy atom. The van der Waals surface area contributed by atoms with Gasteiger partial charge in [-0.1, -0.05) is 24.3 Å². The molecule has 2 aliphatic rings. The Morgan fingerprint density at radius 1 is 1.14 bits per heavy atom. The fourth-order valence-electron chi connectivity index (χ4n) is 2.99. The van der Waals surface area contributed by atoms with Crippen molar-refractivity contribution in [1.82, 2.24) is 0 Å². The lowest BCUT2D eigenvalue weighted by molar-refractivity contribution is 0.0909. The number of ketones is 1. The van der Waals surface area contributed by atoms with Crippen LogP contribution in [0.5, 0.6) is 11.5 Å². The van der Waals surface area contributed by atoms with Crippen LogP contribution in [0.1, 0.15) is 40.4 Å². The van der Waals surface area contributed by atoms with Gasteiger partial charge in [-0.3, -0.25) is 4.79 Å². The Bertz CT molecular complexity index is 705. The number of carbonyl (C=O) groups is 1. The number of benzene rings is 2. The molecule has 1 unspecified atom stereocenters. The fourth-order valence-corrected chi connectivity index (χ4v) is 2.99. The van der Waals surface area contributed by atoms with Crippen LogP contribution in [0.4, 0.5) is 0 Å². The minimum atomic E-state index is -0.123. The molecule has 2 aromatic rings. The standard InChI is InChI=1S/C18H15O3/c19-15-5-3-4-12-10-13(8-9-14(12)15)18-11-20-16-6-1-2-7-17(16)21-18/h2,6-10,18H,3-5,11H2. The summed E-state index contributed by atoms with van der Waals surface area (Å²) in [6.07, 6.45) is 2.45. The van der Waals surface area contributed by atoms with E-state index in [1.807, 2.05) is 24.3 Å². The maximum atomic E-state index is 11.9. The van der Waals surface area contributed by atoms with Crippen LogP contribution < -0.4 is 9.47 Å². The highest BCUT2D eigenvalue weighted by molar-refractivity contribution is 5.98. The van der Waals surface area contributed by atoms with Crippen molar-refractivity contribution >= 4 is 5.78 Å². The van der Waals surface area contributed by atoms with Crippen LogP contribution in [0, 0.1) is 6.07 Å². The summed E-state index contributed by atoms with van der Waals surface area (Å²) in [7, 11) is 0. The average molecular weight is 279 g/mol. The molecule has 0 amide bonds. The maximum Gasteiger partial charge on any atom is 0.163 e. The Hall–Kier alpha value is -2.29. The number of rotatable bonds is 1. The van der Waals surface area contributed by atoms with E-state index in [0.29, 0.717) is 13.0 Å². The number of ether oxygens (including phenoxy) is 2. The Labute approximate surface area is 123 Å². The summed E-state index contributed by atoms with van der Waals surface area (Å²) >= 11 is 0. The lowest BCUT2D eigenvalue weighted by Gasteiger charge is -2.27. The molecule has 1 aliphatic heterocycles. The van der Waals surface area contributed by atoms with Gasteiger partial charge < -0.3 is 9.47 Å². The molecule has 0 saturated heterocycles. The van der Waals surface area contributed by atoms with E-state index in [-0.39, 0.29) is 11.9 Å². The van der Waals surface area contributed by atoms with E-state index < -0.39 is 0 Å². The molecule has 3 heteroatoms. The predicted octanol–water partition coefficient (Wildman–Crippen LogP) is 3.52. The molecular formula is C18H15O3. The molecule has 4 rings (SSSR count). The monoisotopic (exact) mass is 279 g/mol. The third kappa shape index (κ3) is 2.19. The SMILES string of the molecule is O=C1CCCc2cc(C3COc4c[c]ccc4O3)ccc21. The van der Waals surface area contributed by atoms with Crippen LogP contribution in [-0.4, -0.2) is 12.4 Å².